The molecule has 65 heavy (non-hydrogen) atoms. The second-order valence-electron chi connectivity index (χ2n) is 21.0. The Labute approximate surface area is 389 Å². The van der Waals surface area contributed by atoms with Gasteiger partial charge in [0.1, 0.15) is 0 Å². The van der Waals surface area contributed by atoms with Crippen LogP contribution < -0.4 is 4.90 Å². The fraction of sp³-hybridized carbons (Fsp3) is 0.443. The molecule has 1 saturated heterocycles. The van der Waals surface area contributed by atoms with E-state index in [4.69, 9.17) is 0 Å². The minimum atomic E-state index is 0.402. The predicted molar refractivity (Wildman–Crippen MR) is 271 cm³/mol. The Morgan fingerprint density at radius 2 is 1.54 bits per heavy atom. The molecule has 9 aliphatic carbocycles. The van der Waals surface area contributed by atoms with E-state index in [0.717, 1.165) is 25.7 Å². The standard InChI is InChI=1S/C61H70N4/c1-43-17-11-14-26-57(43)63(52-38-40-61-56(42-52)54-25-13-16-28-59(54)65(61)48-22-9-4-10-23-48)50-35-31-45(32-36-50)44-29-33-49(34-30-44)62(46-18-5-2-6-19-46)51-37-39-60-55(41-51)53-24-12-15-27-58(53)64(60)47-20-7-3-8-21-47/h2-7,9,11,13-16,18-19,22,25-28,31,33,35,38,40,43-45,47,50-51,54,56,59H,8,10,12,17,20-21,23-24,29-30,32,34,36-37,39,41-42H2,1H3. The first-order valence-electron chi connectivity index (χ1n) is 26.0. The van der Waals surface area contributed by atoms with E-state index < -0.39 is 0 Å². The zero-order valence-electron chi connectivity index (χ0n) is 38.9. The van der Waals surface area contributed by atoms with E-state index in [1.54, 1.807) is 28.2 Å². The monoisotopic (exact) mass is 859 g/mol. The molecule has 1 fully saturated rings. The summed E-state index contributed by atoms with van der Waals surface area (Å²) in [5.74, 6) is 2.89. The number of aromatic nitrogens is 1. The van der Waals surface area contributed by atoms with Gasteiger partial charge in [-0.15, -0.1) is 0 Å². The van der Waals surface area contributed by atoms with Crippen molar-refractivity contribution in [3.8, 4) is 0 Å². The molecule has 9 atom stereocenters. The molecule has 4 nitrogen and oxygen atoms in total. The normalized spacial score (nSPS) is 32.1. The highest BCUT2D eigenvalue weighted by Gasteiger charge is 2.47. The molecule has 0 amide bonds. The quantitative estimate of drug-likeness (QED) is 0.234. The van der Waals surface area contributed by atoms with Crippen molar-refractivity contribution < 1.29 is 0 Å². The van der Waals surface area contributed by atoms with Crippen LogP contribution >= 0.6 is 0 Å². The Hall–Kier alpha value is -5.22. The molecule has 4 heteroatoms. The Balaban J connectivity index is 0.784. The van der Waals surface area contributed by atoms with Gasteiger partial charge in [-0.1, -0.05) is 110 Å². The highest BCUT2D eigenvalue weighted by Crippen LogP contribution is 2.51. The van der Waals surface area contributed by atoms with Crippen molar-refractivity contribution in [2.24, 2.45) is 29.6 Å². The first-order chi connectivity index (χ1) is 32.2. The van der Waals surface area contributed by atoms with Crippen molar-refractivity contribution in [1.82, 2.24) is 14.4 Å². The van der Waals surface area contributed by atoms with Crippen molar-refractivity contribution in [3.63, 3.8) is 0 Å². The van der Waals surface area contributed by atoms with Gasteiger partial charge in [0.25, 0.3) is 0 Å². The number of nitrogens with zero attached hydrogens (tertiary/aromatic N) is 4. The molecular weight excluding hydrogens is 789 g/mol. The zero-order valence-corrected chi connectivity index (χ0v) is 38.9. The van der Waals surface area contributed by atoms with Crippen LogP contribution in [0.1, 0.15) is 125 Å². The molecule has 1 aromatic carbocycles. The summed E-state index contributed by atoms with van der Waals surface area (Å²) < 4.78 is 2.82. The molecule has 1 aliphatic heterocycles. The number of rotatable bonds is 9. The summed E-state index contributed by atoms with van der Waals surface area (Å²) in [5.41, 5.74) is 15.6. The second-order valence-corrected chi connectivity index (χ2v) is 21.0. The van der Waals surface area contributed by atoms with Crippen LogP contribution in [-0.2, 0) is 19.3 Å². The molecular formula is C61H70N4. The van der Waals surface area contributed by atoms with Gasteiger partial charge in [-0.2, -0.15) is 0 Å². The van der Waals surface area contributed by atoms with Gasteiger partial charge in [0, 0.05) is 69.5 Å². The van der Waals surface area contributed by atoms with Crippen LogP contribution in [0.15, 0.2) is 168 Å². The molecule has 334 valence electrons. The number of fused-ring (bicyclic) bond motifs is 6. The number of benzene rings is 1. The van der Waals surface area contributed by atoms with Crippen LogP contribution in [0.5, 0.6) is 0 Å². The predicted octanol–water partition coefficient (Wildman–Crippen LogP) is 14.3. The van der Waals surface area contributed by atoms with Gasteiger partial charge in [-0.3, -0.25) is 0 Å². The molecule has 0 saturated carbocycles. The van der Waals surface area contributed by atoms with Crippen molar-refractivity contribution in [2.75, 3.05) is 4.90 Å². The topological polar surface area (TPSA) is 14.7 Å². The number of allylic oxidation sites excluding steroid dienone is 20. The number of likely N-dealkylation sites (tertiary alicyclic amines) is 1. The lowest BCUT2D eigenvalue weighted by Crippen LogP contribution is -2.40. The van der Waals surface area contributed by atoms with E-state index >= 15 is 0 Å². The van der Waals surface area contributed by atoms with Crippen LogP contribution in [0.4, 0.5) is 5.69 Å². The molecule has 2 heterocycles. The molecule has 0 bridgehead atoms. The van der Waals surface area contributed by atoms with Crippen molar-refractivity contribution >= 4 is 11.8 Å². The molecule has 10 aliphatic rings. The second kappa shape index (κ2) is 17.9. The van der Waals surface area contributed by atoms with Crippen LogP contribution in [0.3, 0.4) is 0 Å². The van der Waals surface area contributed by atoms with Gasteiger partial charge in [0.2, 0.25) is 0 Å². The molecule has 0 spiro atoms. The number of hydrogen-bond acceptors (Lipinski definition) is 3. The van der Waals surface area contributed by atoms with Crippen LogP contribution in [-0.4, -0.2) is 32.5 Å². The Morgan fingerprint density at radius 1 is 0.631 bits per heavy atom. The molecule has 12 rings (SSSR count). The maximum atomic E-state index is 2.82. The highest BCUT2D eigenvalue weighted by molar-refractivity contribution is 5.61. The fourth-order valence-corrected chi connectivity index (χ4v) is 14.2. The van der Waals surface area contributed by atoms with Gasteiger partial charge in [-0.05, 0) is 181 Å². The molecule has 9 unspecified atom stereocenters. The zero-order chi connectivity index (χ0) is 43.3. The van der Waals surface area contributed by atoms with Crippen LogP contribution in [0.2, 0.25) is 0 Å². The summed E-state index contributed by atoms with van der Waals surface area (Å²) in [5, 5.41) is 0. The Morgan fingerprint density at radius 3 is 2.35 bits per heavy atom. The summed E-state index contributed by atoms with van der Waals surface area (Å²) in [4.78, 5) is 8.34. The smallest absolute Gasteiger partial charge is 0.0588 e. The highest BCUT2D eigenvalue weighted by atomic mass is 15.2. The van der Waals surface area contributed by atoms with Crippen molar-refractivity contribution in [1.29, 1.82) is 0 Å². The van der Waals surface area contributed by atoms with Gasteiger partial charge in [0.05, 0.1) is 12.1 Å². The number of hydrogen-bond donors (Lipinski definition) is 0. The van der Waals surface area contributed by atoms with E-state index in [9.17, 15) is 0 Å². The van der Waals surface area contributed by atoms with E-state index in [-0.39, 0.29) is 0 Å². The summed E-state index contributed by atoms with van der Waals surface area (Å²) in [6, 6.07) is 13.4. The minimum Gasteiger partial charge on any atom is -0.342 e. The Kier molecular flexibility index (Phi) is 11.3. The van der Waals surface area contributed by atoms with Crippen molar-refractivity contribution in [3.05, 3.63) is 191 Å². The van der Waals surface area contributed by atoms with Crippen LogP contribution in [0, 0.1) is 29.6 Å². The van der Waals surface area contributed by atoms with Gasteiger partial charge >= 0.3 is 0 Å². The van der Waals surface area contributed by atoms with Crippen LogP contribution in [0.25, 0.3) is 6.08 Å². The number of anilines is 1. The Bertz CT molecular complexity index is 2520. The lowest BCUT2D eigenvalue weighted by atomic mass is 9.75. The summed E-state index contributed by atoms with van der Waals surface area (Å²) >= 11 is 0. The first kappa shape index (κ1) is 41.2. The molecule has 2 aromatic rings. The molecule has 1 aromatic heterocycles. The first-order valence-corrected chi connectivity index (χ1v) is 26.0. The third-order valence-electron chi connectivity index (χ3n) is 17.3. The van der Waals surface area contributed by atoms with E-state index in [1.807, 2.05) is 0 Å². The lowest BCUT2D eigenvalue weighted by Gasteiger charge is -2.44. The van der Waals surface area contributed by atoms with Gasteiger partial charge < -0.3 is 19.3 Å². The summed E-state index contributed by atoms with van der Waals surface area (Å²) in [6.45, 7) is 2.45. The number of para-hydroxylation sites is 1. The third-order valence-corrected chi connectivity index (χ3v) is 17.3. The van der Waals surface area contributed by atoms with Gasteiger partial charge in [0.15, 0.2) is 0 Å². The third kappa shape index (κ3) is 7.61. The van der Waals surface area contributed by atoms with Gasteiger partial charge in [-0.25, -0.2) is 0 Å². The molecule has 0 radical (unpaired) electrons. The van der Waals surface area contributed by atoms with Crippen molar-refractivity contribution in [2.45, 2.75) is 140 Å². The average molecular weight is 859 g/mol. The van der Waals surface area contributed by atoms with E-state index in [2.05, 4.69) is 172 Å². The maximum Gasteiger partial charge on any atom is 0.0588 e. The SMILES string of the molecule is CC1CC=CC=C1N(C1=CC=C2C(C1)C1C=CC=CC1N2C1=CC=CCC1)C1C=CC(C2CC=C(N(c3ccccc3)C3CCc4c(c5c(n4C4CC=CCC4)C=CCC5)C3)CC2)CC1. The average Bonchev–Trinajstić information content (AvgIpc) is 3.88. The van der Waals surface area contributed by atoms with E-state index in [0.29, 0.717) is 53.8 Å². The van der Waals surface area contributed by atoms with E-state index in [1.165, 1.54) is 112 Å². The summed E-state index contributed by atoms with van der Waals surface area (Å²) in [7, 11) is 0. The molecule has 0 N–H and O–H groups in total. The fourth-order valence-electron chi connectivity index (χ4n) is 14.2. The maximum absolute atomic E-state index is 2.82. The summed E-state index contributed by atoms with van der Waals surface area (Å²) in [6.07, 6.45) is 66.7. The largest absolute Gasteiger partial charge is 0.342 e. The minimum absolute atomic E-state index is 0.402. The lowest BCUT2D eigenvalue weighted by molar-refractivity contribution is 0.243.